The number of fused-ring (bicyclic) bond motifs is 1. The van der Waals surface area contributed by atoms with Crippen LogP contribution in [0.15, 0.2) is 53.4 Å². The predicted octanol–water partition coefficient (Wildman–Crippen LogP) is 3.41. The van der Waals surface area contributed by atoms with E-state index < -0.39 is 0 Å². The SMILES string of the molecule is CC(CN1CCN(c2ccccn2)CC1)Nc1ncnc2ccc(Br)cc12. The Bertz CT molecular complexity index is 895. The zero-order valence-corrected chi connectivity index (χ0v) is 16.9. The zero-order chi connectivity index (χ0) is 18.6. The predicted molar refractivity (Wildman–Crippen MR) is 113 cm³/mol. The lowest BCUT2D eigenvalue weighted by Crippen LogP contribution is -2.49. The van der Waals surface area contributed by atoms with Crippen LogP contribution in [0.2, 0.25) is 0 Å². The molecule has 0 amide bonds. The van der Waals surface area contributed by atoms with E-state index in [1.54, 1.807) is 6.33 Å². The fraction of sp³-hybridized carbons (Fsp3) is 0.350. The molecule has 3 heterocycles. The van der Waals surface area contributed by atoms with E-state index in [2.05, 4.69) is 65.1 Å². The lowest BCUT2D eigenvalue weighted by Gasteiger charge is -2.36. The van der Waals surface area contributed by atoms with Gasteiger partial charge in [0.05, 0.1) is 5.52 Å². The van der Waals surface area contributed by atoms with E-state index >= 15 is 0 Å². The van der Waals surface area contributed by atoms with Crippen LogP contribution in [0.1, 0.15) is 6.92 Å². The highest BCUT2D eigenvalue weighted by atomic mass is 79.9. The molecule has 1 unspecified atom stereocenters. The van der Waals surface area contributed by atoms with Gasteiger partial charge in [0.15, 0.2) is 0 Å². The van der Waals surface area contributed by atoms with E-state index in [0.29, 0.717) is 6.04 Å². The molecule has 1 aliphatic rings. The average molecular weight is 427 g/mol. The first-order valence-corrected chi connectivity index (χ1v) is 10.0. The number of halogens is 1. The summed E-state index contributed by atoms with van der Waals surface area (Å²) >= 11 is 3.54. The second-order valence-electron chi connectivity index (χ2n) is 6.90. The number of nitrogens with one attached hydrogen (secondary N) is 1. The van der Waals surface area contributed by atoms with Gasteiger partial charge in [-0.05, 0) is 37.3 Å². The van der Waals surface area contributed by atoms with Crippen LogP contribution < -0.4 is 10.2 Å². The largest absolute Gasteiger partial charge is 0.366 e. The van der Waals surface area contributed by atoms with Crippen molar-refractivity contribution in [2.45, 2.75) is 13.0 Å². The van der Waals surface area contributed by atoms with Crippen LogP contribution in [-0.4, -0.2) is 58.6 Å². The van der Waals surface area contributed by atoms with Crippen molar-refractivity contribution >= 4 is 38.5 Å². The van der Waals surface area contributed by atoms with Crippen molar-refractivity contribution in [2.24, 2.45) is 0 Å². The Morgan fingerprint density at radius 2 is 1.93 bits per heavy atom. The normalized spacial score (nSPS) is 16.4. The standard InChI is InChI=1S/C20H23BrN6/c1-15(25-20-17-12-16(21)5-6-18(17)23-14-24-20)13-26-8-10-27(11-9-26)19-4-2-3-7-22-19/h2-7,12,14-15H,8-11,13H2,1H3,(H,23,24,25). The van der Waals surface area contributed by atoms with Crippen molar-refractivity contribution in [3.63, 3.8) is 0 Å². The van der Waals surface area contributed by atoms with Crippen molar-refractivity contribution in [2.75, 3.05) is 42.9 Å². The fourth-order valence-corrected chi connectivity index (χ4v) is 3.87. The van der Waals surface area contributed by atoms with Gasteiger partial charge in [-0.2, -0.15) is 0 Å². The smallest absolute Gasteiger partial charge is 0.137 e. The van der Waals surface area contributed by atoms with Crippen LogP contribution >= 0.6 is 15.9 Å². The van der Waals surface area contributed by atoms with E-state index in [9.17, 15) is 0 Å². The van der Waals surface area contributed by atoms with Gasteiger partial charge in [0, 0.05) is 54.8 Å². The maximum absolute atomic E-state index is 4.46. The molecule has 0 spiro atoms. The molecule has 0 saturated carbocycles. The molecule has 7 heteroatoms. The molecule has 2 aromatic heterocycles. The molecule has 1 N–H and O–H groups in total. The highest BCUT2D eigenvalue weighted by Gasteiger charge is 2.19. The molecule has 1 saturated heterocycles. The second kappa shape index (κ2) is 8.19. The van der Waals surface area contributed by atoms with Gasteiger partial charge in [0.2, 0.25) is 0 Å². The molecular weight excluding hydrogens is 404 g/mol. The molecule has 1 fully saturated rings. The second-order valence-corrected chi connectivity index (χ2v) is 7.82. The number of hydrogen-bond acceptors (Lipinski definition) is 6. The van der Waals surface area contributed by atoms with Gasteiger partial charge in [-0.25, -0.2) is 15.0 Å². The fourth-order valence-electron chi connectivity index (χ4n) is 3.51. The first-order valence-electron chi connectivity index (χ1n) is 9.24. The molecule has 1 atom stereocenters. The number of pyridine rings is 1. The lowest BCUT2D eigenvalue weighted by molar-refractivity contribution is 0.250. The minimum absolute atomic E-state index is 0.295. The lowest BCUT2D eigenvalue weighted by atomic mass is 10.2. The summed E-state index contributed by atoms with van der Waals surface area (Å²) in [6.45, 7) is 7.28. The Morgan fingerprint density at radius 3 is 2.70 bits per heavy atom. The summed E-state index contributed by atoms with van der Waals surface area (Å²) in [5, 5.41) is 4.60. The van der Waals surface area contributed by atoms with E-state index in [1.807, 2.05) is 30.5 Å². The van der Waals surface area contributed by atoms with E-state index in [4.69, 9.17) is 0 Å². The Labute approximate surface area is 167 Å². The van der Waals surface area contributed by atoms with Gasteiger partial charge >= 0.3 is 0 Å². The summed E-state index contributed by atoms with van der Waals surface area (Å²) < 4.78 is 1.03. The van der Waals surface area contributed by atoms with Gasteiger partial charge < -0.3 is 10.2 Å². The first-order chi connectivity index (χ1) is 13.2. The molecule has 1 aromatic carbocycles. The summed E-state index contributed by atoms with van der Waals surface area (Å²) in [5.41, 5.74) is 0.951. The van der Waals surface area contributed by atoms with Crippen LogP contribution in [0.3, 0.4) is 0 Å². The average Bonchev–Trinajstić information content (AvgIpc) is 2.70. The highest BCUT2D eigenvalue weighted by molar-refractivity contribution is 9.10. The topological polar surface area (TPSA) is 57.2 Å². The Kier molecular flexibility index (Phi) is 5.50. The van der Waals surface area contributed by atoms with E-state index in [0.717, 1.165) is 59.7 Å². The summed E-state index contributed by atoms with van der Waals surface area (Å²) in [5.74, 6) is 1.96. The van der Waals surface area contributed by atoms with Crippen LogP contribution in [0.25, 0.3) is 10.9 Å². The van der Waals surface area contributed by atoms with Crippen molar-refractivity contribution < 1.29 is 0 Å². The van der Waals surface area contributed by atoms with Crippen molar-refractivity contribution in [3.05, 3.63) is 53.4 Å². The van der Waals surface area contributed by atoms with Crippen LogP contribution in [0, 0.1) is 0 Å². The van der Waals surface area contributed by atoms with Crippen molar-refractivity contribution in [1.29, 1.82) is 0 Å². The molecule has 4 rings (SSSR count). The molecule has 1 aliphatic heterocycles. The number of nitrogens with zero attached hydrogens (tertiary/aromatic N) is 5. The maximum Gasteiger partial charge on any atom is 0.137 e. The number of rotatable bonds is 5. The van der Waals surface area contributed by atoms with Gasteiger partial charge in [0.25, 0.3) is 0 Å². The van der Waals surface area contributed by atoms with Crippen LogP contribution in [0.5, 0.6) is 0 Å². The third-order valence-corrected chi connectivity index (χ3v) is 5.35. The van der Waals surface area contributed by atoms with Gasteiger partial charge in [-0.1, -0.05) is 22.0 Å². The maximum atomic E-state index is 4.46. The molecular formula is C20H23BrN6. The third kappa shape index (κ3) is 4.36. The van der Waals surface area contributed by atoms with E-state index in [1.165, 1.54) is 0 Å². The van der Waals surface area contributed by atoms with Crippen LogP contribution in [0.4, 0.5) is 11.6 Å². The molecule has 0 radical (unpaired) electrons. The monoisotopic (exact) mass is 426 g/mol. The van der Waals surface area contributed by atoms with Gasteiger partial charge in [-0.15, -0.1) is 0 Å². The van der Waals surface area contributed by atoms with Gasteiger partial charge in [0.1, 0.15) is 18.0 Å². The minimum Gasteiger partial charge on any atom is -0.366 e. The van der Waals surface area contributed by atoms with Gasteiger partial charge in [-0.3, -0.25) is 4.90 Å². The molecule has 6 nitrogen and oxygen atoms in total. The quantitative estimate of drug-likeness (QED) is 0.674. The number of aromatic nitrogens is 3. The molecule has 3 aromatic rings. The number of anilines is 2. The van der Waals surface area contributed by atoms with Crippen molar-refractivity contribution in [1.82, 2.24) is 19.9 Å². The third-order valence-electron chi connectivity index (χ3n) is 4.86. The van der Waals surface area contributed by atoms with Crippen LogP contribution in [-0.2, 0) is 0 Å². The molecule has 140 valence electrons. The number of benzene rings is 1. The Morgan fingerprint density at radius 1 is 1.07 bits per heavy atom. The summed E-state index contributed by atoms with van der Waals surface area (Å²) in [6.07, 6.45) is 3.48. The summed E-state index contributed by atoms with van der Waals surface area (Å²) in [7, 11) is 0. The molecule has 0 bridgehead atoms. The van der Waals surface area contributed by atoms with E-state index in [-0.39, 0.29) is 0 Å². The zero-order valence-electron chi connectivity index (χ0n) is 15.3. The highest BCUT2D eigenvalue weighted by Crippen LogP contribution is 2.24. The summed E-state index contributed by atoms with van der Waals surface area (Å²) in [6, 6.07) is 12.5. The first kappa shape index (κ1) is 18.1. The Balaban J connectivity index is 1.35. The number of piperazine rings is 1. The number of hydrogen-bond donors (Lipinski definition) is 1. The van der Waals surface area contributed by atoms with Crippen molar-refractivity contribution in [3.8, 4) is 0 Å². The Hall–Kier alpha value is -2.25. The molecule has 0 aliphatic carbocycles. The minimum atomic E-state index is 0.295. The molecule has 27 heavy (non-hydrogen) atoms. The summed E-state index contributed by atoms with van der Waals surface area (Å²) in [4.78, 5) is 18.1.